The third kappa shape index (κ3) is 2.70. The van der Waals surface area contributed by atoms with E-state index in [2.05, 4.69) is 15.9 Å². The largest absolute Gasteiger partial charge is 0.391 e. The molecule has 1 heterocycles. The molecule has 82 valence electrons. The second-order valence-electron chi connectivity index (χ2n) is 4.92. The number of hydrogen-bond donors (Lipinski definition) is 1. The first-order valence-electron chi connectivity index (χ1n) is 4.93. The Hall–Kier alpha value is -0.0900. The van der Waals surface area contributed by atoms with Crippen molar-refractivity contribution in [1.82, 2.24) is 4.90 Å². The second-order valence-corrected chi connectivity index (χ2v) is 6.03. The van der Waals surface area contributed by atoms with Crippen LogP contribution in [-0.2, 0) is 4.79 Å². The van der Waals surface area contributed by atoms with E-state index in [9.17, 15) is 9.90 Å². The van der Waals surface area contributed by atoms with E-state index in [4.69, 9.17) is 0 Å². The van der Waals surface area contributed by atoms with Gasteiger partial charge in [-0.15, -0.1) is 0 Å². The van der Waals surface area contributed by atoms with Gasteiger partial charge in [0.05, 0.1) is 10.9 Å². The Morgan fingerprint density at radius 1 is 1.64 bits per heavy atom. The maximum atomic E-state index is 11.5. The van der Waals surface area contributed by atoms with Gasteiger partial charge in [0, 0.05) is 13.1 Å². The highest BCUT2D eigenvalue weighted by atomic mass is 79.9. The fourth-order valence-corrected chi connectivity index (χ4v) is 1.86. The average Bonchev–Trinajstić information content (AvgIpc) is 2.34. The third-order valence-electron chi connectivity index (χ3n) is 2.63. The summed E-state index contributed by atoms with van der Waals surface area (Å²) in [7, 11) is 0. The number of likely N-dealkylation sites (tertiary alicyclic amines) is 1. The first kappa shape index (κ1) is 12.0. The minimum absolute atomic E-state index is 0.0466. The zero-order valence-corrected chi connectivity index (χ0v) is 10.5. The lowest BCUT2D eigenvalue weighted by Gasteiger charge is -2.29. The zero-order valence-electron chi connectivity index (χ0n) is 8.96. The van der Waals surface area contributed by atoms with Gasteiger partial charge in [0.25, 0.3) is 0 Å². The predicted molar refractivity (Wildman–Crippen MR) is 59.4 cm³/mol. The molecule has 1 amide bonds. The SMILES string of the molecule is CC(C)(C)C(O)CN1CCC(Br)C1=O. The molecule has 0 aromatic carbocycles. The summed E-state index contributed by atoms with van der Waals surface area (Å²) in [6.07, 6.45) is 0.389. The van der Waals surface area contributed by atoms with Crippen LogP contribution in [0.5, 0.6) is 0 Å². The van der Waals surface area contributed by atoms with Gasteiger partial charge in [-0.1, -0.05) is 36.7 Å². The van der Waals surface area contributed by atoms with Crippen molar-refractivity contribution in [2.75, 3.05) is 13.1 Å². The summed E-state index contributed by atoms with van der Waals surface area (Å²) in [5, 5.41) is 9.84. The van der Waals surface area contributed by atoms with E-state index in [0.29, 0.717) is 6.54 Å². The lowest BCUT2D eigenvalue weighted by atomic mass is 9.89. The van der Waals surface area contributed by atoms with Gasteiger partial charge in [-0.3, -0.25) is 4.79 Å². The van der Waals surface area contributed by atoms with E-state index in [0.717, 1.165) is 13.0 Å². The normalized spacial score (nSPS) is 25.6. The maximum Gasteiger partial charge on any atom is 0.236 e. The molecule has 1 saturated heterocycles. The highest BCUT2D eigenvalue weighted by Crippen LogP contribution is 2.23. The molecule has 2 atom stereocenters. The van der Waals surface area contributed by atoms with Crippen LogP contribution in [0.1, 0.15) is 27.2 Å². The molecule has 1 fully saturated rings. The summed E-state index contributed by atoms with van der Waals surface area (Å²) >= 11 is 3.31. The third-order valence-corrected chi connectivity index (χ3v) is 3.47. The molecular weight excluding hydrogens is 246 g/mol. The number of amides is 1. The van der Waals surface area contributed by atoms with Gasteiger partial charge in [-0.25, -0.2) is 0 Å². The number of aliphatic hydroxyl groups is 1. The van der Waals surface area contributed by atoms with Crippen LogP contribution in [-0.4, -0.2) is 39.9 Å². The molecule has 0 aromatic heterocycles. The molecule has 1 N–H and O–H groups in total. The number of β-amino-alcohol motifs (C(OH)–C–C–N with tert-alkyl or cyclic N) is 1. The number of nitrogens with zero attached hydrogens (tertiary/aromatic N) is 1. The number of carbonyl (C=O) groups is 1. The lowest BCUT2D eigenvalue weighted by Crippen LogP contribution is -2.40. The Morgan fingerprint density at radius 3 is 2.57 bits per heavy atom. The van der Waals surface area contributed by atoms with E-state index in [1.807, 2.05) is 20.8 Å². The molecule has 0 saturated carbocycles. The molecule has 0 radical (unpaired) electrons. The Bertz CT molecular complexity index is 225. The molecule has 0 spiro atoms. The van der Waals surface area contributed by atoms with Crippen LogP contribution < -0.4 is 0 Å². The van der Waals surface area contributed by atoms with Crippen molar-refractivity contribution in [2.24, 2.45) is 5.41 Å². The molecule has 1 rings (SSSR count). The number of alkyl halides is 1. The van der Waals surface area contributed by atoms with Crippen molar-refractivity contribution in [3.05, 3.63) is 0 Å². The second kappa shape index (κ2) is 4.19. The van der Waals surface area contributed by atoms with Gasteiger partial charge in [0.1, 0.15) is 0 Å². The number of halogens is 1. The summed E-state index contributed by atoms with van der Waals surface area (Å²) < 4.78 is 0. The molecular formula is C10H18BrNO2. The van der Waals surface area contributed by atoms with Gasteiger partial charge in [-0.05, 0) is 11.8 Å². The van der Waals surface area contributed by atoms with Crippen molar-refractivity contribution < 1.29 is 9.90 Å². The molecule has 14 heavy (non-hydrogen) atoms. The highest BCUT2D eigenvalue weighted by Gasteiger charge is 2.33. The summed E-state index contributed by atoms with van der Waals surface area (Å²) in [6.45, 7) is 7.13. The Balaban J connectivity index is 2.50. The maximum absolute atomic E-state index is 11.5. The molecule has 4 heteroatoms. The van der Waals surface area contributed by atoms with E-state index >= 15 is 0 Å². The van der Waals surface area contributed by atoms with Crippen molar-refractivity contribution in [1.29, 1.82) is 0 Å². The zero-order chi connectivity index (χ0) is 10.9. The Labute approximate surface area is 93.6 Å². The van der Waals surface area contributed by atoms with Crippen LogP contribution in [0.2, 0.25) is 0 Å². The fourth-order valence-electron chi connectivity index (χ4n) is 1.36. The minimum atomic E-state index is -0.454. The number of aliphatic hydroxyl groups excluding tert-OH is 1. The smallest absolute Gasteiger partial charge is 0.236 e. The van der Waals surface area contributed by atoms with Crippen LogP contribution in [0.3, 0.4) is 0 Å². The van der Waals surface area contributed by atoms with E-state index in [1.54, 1.807) is 4.90 Å². The number of hydrogen-bond acceptors (Lipinski definition) is 2. The molecule has 3 nitrogen and oxygen atoms in total. The average molecular weight is 264 g/mol. The van der Waals surface area contributed by atoms with Crippen molar-refractivity contribution in [3.63, 3.8) is 0 Å². The van der Waals surface area contributed by atoms with Crippen molar-refractivity contribution in [2.45, 2.75) is 38.1 Å². The van der Waals surface area contributed by atoms with Crippen LogP contribution in [0.15, 0.2) is 0 Å². The van der Waals surface area contributed by atoms with Gasteiger partial charge in [-0.2, -0.15) is 0 Å². The Morgan fingerprint density at radius 2 is 2.21 bits per heavy atom. The van der Waals surface area contributed by atoms with Crippen molar-refractivity contribution >= 4 is 21.8 Å². The van der Waals surface area contributed by atoms with Gasteiger partial charge < -0.3 is 10.0 Å². The number of rotatable bonds is 2. The highest BCUT2D eigenvalue weighted by molar-refractivity contribution is 9.10. The fraction of sp³-hybridized carbons (Fsp3) is 0.900. The quantitative estimate of drug-likeness (QED) is 0.766. The lowest BCUT2D eigenvalue weighted by molar-refractivity contribution is -0.129. The van der Waals surface area contributed by atoms with Gasteiger partial charge in [0.2, 0.25) is 5.91 Å². The van der Waals surface area contributed by atoms with Crippen molar-refractivity contribution in [3.8, 4) is 0 Å². The topological polar surface area (TPSA) is 40.5 Å². The predicted octanol–water partition coefficient (Wildman–Crippen LogP) is 1.39. The van der Waals surface area contributed by atoms with E-state index in [1.165, 1.54) is 0 Å². The summed E-state index contributed by atoms with van der Waals surface area (Å²) in [5.41, 5.74) is -0.162. The van der Waals surface area contributed by atoms with E-state index < -0.39 is 6.10 Å². The molecule has 0 bridgehead atoms. The van der Waals surface area contributed by atoms with Crippen LogP contribution in [0.4, 0.5) is 0 Å². The molecule has 2 unspecified atom stereocenters. The molecule has 1 aliphatic heterocycles. The van der Waals surface area contributed by atoms with Crippen LogP contribution in [0, 0.1) is 5.41 Å². The first-order valence-corrected chi connectivity index (χ1v) is 5.85. The minimum Gasteiger partial charge on any atom is -0.391 e. The van der Waals surface area contributed by atoms with E-state index in [-0.39, 0.29) is 16.1 Å². The first-order chi connectivity index (χ1) is 6.32. The standard InChI is InChI=1S/C10H18BrNO2/c1-10(2,3)8(13)6-12-5-4-7(11)9(12)14/h7-8,13H,4-6H2,1-3H3. The molecule has 1 aliphatic rings. The van der Waals surface area contributed by atoms with Gasteiger partial charge >= 0.3 is 0 Å². The monoisotopic (exact) mass is 263 g/mol. The van der Waals surface area contributed by atoms with Crippen LogP contribution in [0.25, 0.3) is 0 Å². The van der Waals surface area contributed by atoms with Crippen LogP contribution >= 0.6 is 15.9 Å². The van der Waals surface area contributed by atoms with Gasteiger partial charge in [0.15, 0.2) is 0 Å². The molecule has 0 aromatic rings. The summed E-state index contributed by atoms with van der Waals surface area (Å²) in [4.78, 5) is 13.2. The number of carbonyl (C=O) groups excluding carboxylic acids is 1. The summed E-state index contributed by atoms with van der Waals surface area (Å²) in [5.74, 6) is 0.105. The Kier molecular flexibility index (Phi) is 3.58. The molecule has 0 aliphatic carbocycles. The summed E-state index contributed by atoms with van der Waals surface area (Å²) in [6, 6.07) is 0.